The second-order valence-corrected chi connectivity index (χ2v) is 5.72. The molecule has 6 nitrogen and oxygen atoms in total. The summed E-state index contributed by atoms with van der Waals surface area (Å²) in [5, 5.41) is 12.2. The normalized spacial score (nSPS) is 17.6. The van der Waals surface area contributed by atoms with Gasteiger partial charge < -0.3 is 20.2 Å². The van der Waals surface area contributed by atoms with E-state index in [1.54, 1.807) is 23.9 Å². The molecule has 2 amide bonds. The van der Waals surface area contributed by atoms with E-state index in [1.807, 2.05) is 7.05 Å². The molecule has 1 aliphatic carbocycles. The molecule has 0 aliphatic heterocycles. The van der Waals surface area contributed by atoms with Crippen molar-refractivity contribution in [1.29, 1.82) is 0 Å². The number of carbonyl (C=O) groups excluding carboxylic acids is 1. The molecule has 116 valence electrons. The topological polar surface area (TPSA) is 72.9 Å². The Morgan fingerprint density at radius 2 is 1.80 bits per heavy atom. The maximum Gasteiger partial charge on any atom is 0.320 e. The van der Waals surface area contributed by atoms with E-state index in [1.165, 1.54) is 0 Å². The van der Waals surface area contributed by atoms with Crippen LogP contribution in [0.2, 0.25) is 0 Å². The largest absolute Gasteiger partial charge is 0.481 e. The summed E-state index contributed by atoms with van der Waals surface area (Å²) in [6.07, 6.45) is 4.70. The Balaban J connectivity index is 2.78. The Hall–Kier alpha value is -1.30. The lowest BCUT2D eigenvalue weighted by molar-refractivity contribution is -0.140. The summed E-state index contributed by atoms with van der Waals surface area (Å²) in [5.74, 6) is -0.829. The lowest BCUT2D eigenvalue weighted by atomic mass is 9.78. The van der Waals surface area contributed by atoms with Crippen LogP contribution in [0.5, 0.6) is 0 Å². The number of carbonyl (C=O) groups is 2. The van der Waals surface area contributed by atoms with Crippen molar-refractivity contribution in [3.05, 3.63) is 0 Å². The molecule has 1 aliphatic rings. The number of nitrogens with zero attached hydrogens (tertiary/aromatic N) is 2. The molecule has 1 rings (SSSR count). The van der Waals surface area contributed by atoms with Crippen LogP contribution < -0.4 is 5.32 Å². The molecule has 0 saturated heterocycles. The maximum atomic E-state index is 12.5. The number of rotatable bonds is 6. The van der Waals surface area contributed by atoms with E-state index in [9.17, 15) is 14.7 Å². The van der Waals surface area contributed by atoms with Crippen LogP contribution in [0, 0.1) is 0 Å². The van der Waals surface area contributed by atoms with Crippen LogP contribution in [-0.4, -0.2) is 66.7 Å². The van der Waals surface area contributed by atoms with Crippen molar-refractivity contribution in [3.63, 3.8) is 0 Å². The highest BCUT2D eigenvalue weighted by molar-refractivity contribution is 5.76. The van der Waals surface area contributed by atoms with E-state index in [4.69, 9.17) is 0 Å². The Kier molecular flexibility index (Phi) is 6.26. The molecule has 1 fully saturated rings. The fraction of sp³-hybridized carbons (Fsp3) is 0.857. The third-order valence-corrected chi connectivity index (χ3v) is 4.29. The molecule has 0 atom stereocenters. The van der Waals surface area contributed by atoms with Crippen LogP contribution in [0.3, 0.4) is 0 Å². The zero-order chi connectivity index (χ0) is 15.2. The van der Waals surface area contributed by atoms with E-state index in [2.05, 4.69) is 5.32 Å². The van der Waals surface area contributed by atoms with Gasteiger partial charge in [-0.1, -0.05) is 19.3 Å². The van der Waals surface area contributed by atoms with Gasteiger partial charge in [-0.3, -0.25) is 4.79 Å². The van der Waals surface area contributed by atoms with Gasteiger partial charge in [0.05, 0.1) is 12.0 Å². The lowest BCUT2D eigenvalue weighted by Crippen LogP contribution is -2.55. The Bertz CT molecular complexity index is 341. The maximum absolute atomic E-state index is 12.5. The van der Waals surface area contributed by atoms with Gasteiger partial charge in [0.15, 0.2) is 0 Å². The Labute approximate surface area is 121 Å². The molecule has 1 saturated carbocycles. The second kappa shape index (κ2) is 7.47. The first kappa shape index (κ1) is 16.8. The second-order valence-electron chi connectivity index (χ2n) is 5.72. The summed E-state index contributed by atoms with van der Waals surface area (Å²) in [5.41, 5.74) is -0.519. The van der Waals surface area contributed by atoms with E-state index in [-0.39, 0.29) is 12.5 Å². The molecule has 0 radical (unpaired) electrons. The first-order valence-corrected chi connectivity index (χ1v) is 7.28. The molecule has 0 heterocycles. The number of amides is 2. The molecular weight excluding hydrogens is 258 g/mol. The molecule has 6 heteroatoms. The molecule has 2 N–H and O–H groups in total. The van der Waals surface area contributed by atoms with Gasteiger partial charge in [0, 0.05) is 27.2 Å². The van der Waals surface area contributed by atoms with Gasteiger partial charge in [0.1, 0.15) is 0 Å². The zero-order valence-corrected chi connectivity index (χ0v) is 12.8. The van der Waals surface area contributed by atoms with E-state index in [0.29, 0.717) is 6.54 Å². The average Bonchev–Trinajstić information content (AvgIpc) is 2.43. The number of likely N-dealkylation sites (N-methyl/N-ethyl adjacent to an activating group) is 2. The van der Waals surface area contributed by atoms with Crippen LogP contribution in [-0.2, 0) is 4.79 Å². The van der Waals surface area contributed by atoms with Crippen LogP contribution in [0.4, 0.5) is 4.79 Å². The third kappa shape index (κ3) is 4.10. The first-order chi connectivity index (χ1) is 9.43. The molecule has 0 aromatic carbocycles. The SMILES string of the molecule is CNCCN(C)C(=O)N(C)C1(CC(=O)O)CCCCC1. The van der Waals surface area contributed by atoms with E-state index < -0.39 is 11.5 Å². The minimum absolute atomic E-state index is 0.0368. The molecule has 0 spiro atoms. The fourth-order valence-corrected chi connectivity index (χ4v) is 2.96. The van der Waals surface area contributed by atoms with Crippen molar-refractivity contribution in [2.45, 2.75) is 44.1 Å². The summed E-state index contributed by atoms with van der Waals surface area (Å²) in [6, 6.07) is -0.0941. The van der Waals surface area contributed by atoms with E-state index in [0.717, 1.165) is 38.6 Å². The minimum atomic E-state index is -0.829. The summed E-state index contributed by atoms with van der Waals surface area (Å²) in [7, 11) is 5.34. The Morgan fingerprint density at radius 1 is 1.20 bits per heavy atom. The van der Waals surface area contributed by atoms with Gasteiger partial charge in [0.2, 0.25) is 0 Å². The molecular formula is C14H27N3O3. The van der Waals surface area contributed by atoms with Crippen molar-refractivity contribution < 1.29 is 14.7 Å². The third-order valence-electron chi connectivity index (χ3n) is 4.29. The van der Waals surface area contributed by atoms with Gasteiger partial charge in [-0.25, -0.2) is 4.79 Å². The highest BCUT2D eigenvalue weighted by Crippen LogP contribution is 2.36. The summed E-state index contributed by atoms with van der Waals surface area (Å²) >= 11 is 0. The standard InChI is InChI=1S/C14H27N3O3/c1-15-9-10-16(2)13(20)17(3)14(11-12(18)19)7-5-4-6-8-14/h15H,4-11H2,1-3H3,(H,18,19). The van der Waals surface area contributed by atoms with Gasteiger partial charge in [-0.15, -0.1) is 0 Å². The van der Waals surface area contributed by atoms with Gasteiger partial charge >= 0.3 is 12.0 Å². The van der Waals surface area contributed by atoms with Gasteiger partial charge in [0.25, 0.3) is 0 Å². The smallest absolute Gasteiger partial charge is 0.320 e. The number of carboxylic acid groups (broad SMARTS) is 1. The lowest BCUT2D eigenvalue weighted by Gasteiger charge is -2.45. The van der Waals surface area contributed by atoms with Crippen LogP contribution >= 0.6 is 0 Å². The Morgan fingerprint density at radius 3 is 2.30 bits per heavy atom. The quantitative estimate of drug-likeness (QED) is 0.773. The minimum Gasteiger partial charge on any atom is -0.481 e. The molecule has 0 bridgehead atoms. The van der Waals surface area contributed by atoms with Gasteiger partial charge in [-0.05, 0) is 19.9 Å². The van der Waals surface area contributed by atoms with E-state index >= 15 is 0 Å². The summed E-state index contributed by atoms with van der Waals surface area (Å²) in [6.45, 7) is 1.34. The number of urea groups is 1. The molecule has 0 aromatic heterocycles. The van der Waals surface area contributed by atoms with Gasteiger partial charge in [-0.2, -0.15) is 0 Å². The van der Waals surface area contributed by atoms with Crippen molar-refractivity contribution in [1.82, 2.24) is 15.1 Å². The highest BCUT2D eigenvalue weighted by Gasteiger charge is 2.41. The number of nitrogens with one attached hydrogen (secondary N) is 1. The van der Waals surface area contributed by atoms with Crippen molar-refractivity contribution in [2.24, 2.45) is 0 Å². The van der Waals surface area contributed by atoms with Crippen LogP contribution in [0.25, 0.3) is 0 Å². The van der Waals surface area contributed by atoms with Crippen molar-refractivity contribution in [2.75, 3.05) is 34.2 Å². The average molecular weight is 285 g/mol. The predicted octanol–water partition coefficient (Wildman–Crippen LogP) is 1.37. The summed E-state index contributed by atoms with van der Waals surface area (Å²) in [4.78, 5) is 27.0. The molecule has 0 aromatic rings. The summed E-state index contributed by atoms with van der Waals surface area (Å²) < 4.78 is 0. The van der Waals surface area contributed by atoms with Crippen LogP contribution in [0.15, 0.2) is 0 Å². The number of hydrogen-bond donors (Lipinski definition) is 2. The van der Waals surface area contributed by atoms with Crippen molar-refractivity contribution in [3.8, 4) is 0 Å². The fourth-order valence-electron chi connectivity index (χ4n) is 2.96. The van der Waals surface area contributed by atoms with Crippen LogP contribution in [0.1, 0.15) is 38.5 Å². The number of carboxylic acids is 1. The molecule has 0 unspecified atom stereocenters. The first-order valence-electron chi connectivity index (χ1n) is 7.28. The predicted molar refractivity (Wildman–Crippen MR) is 77.8 cm³/mol. The van der Waals surface area contributed by atoms with Crippen molar-refractivity contribution >= 4 is 12.0 Å². The monoisotopic (exact) mass is 285 g/mol. The number of aliphatic carboxylic acids is 1. The zero-order valence-electron chi connectivity index (χ0n) is 12.8. The molecule has 20 heavy (non-hydrogen) atoms. The highest BCUT2D eigenvalue weighted by atomic mass is 16.4. The number of hydrogen-bond acceptors (Lipinski definition) is 3.